The maximum absolute atomic E-state index is 11.8. The van der Waals surface area contributed by atoms with Gasteiger partial charge in [-0.05, 0) is 24.1 Å². The van der Waals surface area contributed by atoms with E-state index in [4.69, 9.17) is 28.3 Å². The first-order chi connectivity index (χ1) is 8.90. The number of hydrogen-bond acceptors (Lipinski definition) is 2. The smallest absolute Gasteiger partial charge is 0.305 e. The fourth-order valence-corrected chi connectivity index (χ4v) is 1.85. The molecule has 1 aromatic rings. The third kappa shape index (κ3) is 5.49. The topological polar surface area (TPSA) is 57.6 Å². The Morgan fingerprint density at radius 1 is 1.21 bits per heavy atom. The molecule has 6 heteroatoms. The lowest BCUT2D eigenvalue weighted by atomic mass is 10.1. The number of carboxylic acid groups (broad SMARTS) is 1. The van der Waals surface area contributed by atoms with Crippen molar-refractivity contribution in [3.05, 3.63) is 33.8 Å². The molecule has 0 aliphatic heterocycles. The van der Waals surface area contributed by atoms with E-state index in [1.165, 1.54) is 4.90 Å². The average Bonchev–Trinajstić information content (AvgIpc) is 2.36. The minimum atomic E-state index is -0.913. The second-order valence-electron chi connectivity index (χ2n) is 4.21. The van der Waals surface area contributed by atoms with Crippen LogP contribution in [0.25, 0.3) is 0 Å². The van der Waals surface area contributed by atoms with E-state index in [1.807, 2.05) is 6.07 Å². The Kier molecular flexibility index (Phi) is 6.12. The third-order valence-electron chi connectivity index (χ3n) is 2.70. The van der Waals surface area contributed by atoms with E-state index in [2.05, 4.69) is 0 Å². The average molecular weight is 304 g/mol. The molecule has 1 rings (SSSR count). The lowest BCUT2D eigenvalue weighted by Gasteiger charge is -2.15. The van der Waals surface area contributed by atoms with Crippen LogP contribution in [0.4, 0.5) is 0 Å². The Bertz CT molecular complexity index is 477. The van der Waals surface area contributed by atoms with Crippen LogP contribution in [0.2, 0.25) is 10.0 Å². The molecule has 0 spiro atoms. The van der Waals surface area contributed by atoms with Gasteiger partial charge < -0.3 is 10.0 Å². The molecule has 0 bridgehead atoms. The summed E-state index contributed by atoms with van der Waals surface area (Å²) >= 11 is 11.7. The van der Waals surface area contributed by atoms with E-state index >= 15 is 0 Å². The fourth-order valence-electron chi connectivity index (χ4n) is 1.53. The number of rotatable bonds is 6. The van der Waals surface area contributed by atoms with Crippen molar-refractivity contribution in [1.29, 1.82) is 0 Å². The van der Waals surface area contributed by atoms with Crippen LogP contribution < -0.4 is 0 Å². The molecule has 0 aromatic heterocycles. The molecule has 0 aliphatic carbocycles. The Hall–Kier alpha value is -1.26. The number of hydrogen-bond donors (Lipinski definition) is 1. The maximum Gasteiger partial charge on any atom is 0.305 e. The second kappa shape index (κ2) is 7.36. The summed E-state index contributed by atoms with van der Waals surface area (Å²) in [6.45, 7) is 0.218. The first-order valence-electron chi connectivity index (χ1n) is 5.80. The van der Waals surface area contributed by atoms with Gasteiger partial charge in [-0.25, -0.2) is 0 Å². The van der Waals surface area contributed by atoms with Crippen molar-refractivity contribution < 1.29 is 14.7 Å². The summed E-state index contributed by atoms with van der Waals surface area (Å²) in [4.78, 5) is 23.6. The summed E-state index contributed by atoms with van der Waals surface area (Å²) in [6.07, 6.45) is 0.816. The second-order valence-corrected chi connectivity index (χ2v) is 5.02. The van der Waals surface area contributed by atoms with Gasteiger partial charge in [0.15, 0.2) is 0 Å². The minimum absolute atomic E-state index is 0.0466. The molecule has 0 fully saturated rings. The molecule has 19 heavy (non-hydrogen) atoms. The lowest BCUT2D eigenvalue weighted by Crippen LogP contribution is -2.29. The van der Waals surface area contributed by atoms with E-state index in [1.54, 1.807) is 19.2 Å². The normalized spacial score (nSPS) is 10.3. The van der Waals surface area contributed by atoms with Crippen LogP contribution in [-0.2, 0) is 16.0 Å². The molecule has 4 nitrogen and oxygen atoms in total. The Morgan fingerprint density at radius 3 is 2.47 bits per heavy atom. The molecule has 1 amide bonds. The quantitative estimate of drug-likeness (QED) is 0.879. The van der Waals surface area contributed by atoms with Gasteiger partial charge >= 0.3 is 5.97 Å². The monoisotopic (exact) mass is 303 g/mol. The van der Waals surface area contributed by atoms with Crippen LogP contribution in [-0.4, -0.2) is 35.5 Å². The lowest BCUT2D eigenvalue weighted by molar-refractivity contribution is -0.138. The van der Waals surface area contributed by atoms with E-state index in [-0.39, 0.29) is 18.9 Å². The Labute approximate surface area is 121 Å². The molecule has 0 atom stereocenters. The number of halogens is 2. The van der Waals surface area contributed by atoms with Crippen molar-refractivity contribution >= 4 is 35.1 Å². The zero-order valence-electron chi connectivity index (χ0n) is 10.5. The molecule has 104 valence electrons. The van der Waals surface area contributed by atoms with Gasteiger partial charge in [0.1, 0.15) is 0 Å². The van der Waals surface area contributed by atoms with E-state index < -0.39 is 5.97 Å². The van der Waals surface area contributed by atoms with Gasteiger partial charge in [-0.1, -0.05) is 29.3 Å². The first kappa shape index (κ1) is 15.8. The number of aryl methyl sites for hydroxylation is 1. The van der Waals surface area contributed by atoms with Gasteiger partial charge in [-0.15, -0.1) is 0 Å². The summed E-state index contributed by atoms with van der Waals surface area (Å²) < 4.78 is 0. The molecule has 0 radical (unpaired) electrons. The predicted molar refractivity (Wildman–Crippen MR) is 74.7 cm³/mol. The van der Waals surface area contributed by atoms with Crippen LogP contribution in [0.15, 0.2) is 18.2 Å². The van der Waals surface area contributed by atoms with Gasteiger partial charge in [-0.2, -0.15) is 0 Å². The van der Waals surface area contributed by atoms with Crippen molar-refractivity contribution in [3.63, 3.8) is 0 Å². The number of nitrogens with zero attached hydrogens (tertiary/aromatic N) is 1. The molecule has 1 N–H and O–H groups in total. The van der Waals surface area contributed by atoms with Gasteiger partial charge in [0.2, 0.25) is 5.91 Å². The van der Waals surface area contributed by atoms with Gasteiger partial charge in [-0.3, -0.25) is 9.59 Å². The molecular formula is C13H15Cl2NO3. The molecule has 0 unspecified atom stereocenters. The van der Waals surface area contributed by atoms with Crippen molar-refractivity contribution in [3.8, 4) is 0 Å². The highest BCUT2D eigenvalue weighted by molar-refractivity contribution is 6.42. The first-order valence-corrected chi connectivity index (χ1v) is 6.55. The highest BCUT2D eigenvalue weighted by Gasteiger charge is 2.10. The molecule has 0 saturated carbocycles. The van der Waals surface area contributed by atoms with Crippen LogP contribution in [0.3, 0.4) is 0 Å². The summed E-state index contributed by atoms with van der Waals surface area (Å²) in [7, 11) is 1.60. The predicted octanol–water partition coefficient (Wildman–Crippen LogP) is 2.86. The fraction of sp³-hybridized carbons (Fsp3) is 0.385. The summed E-state index contributed by atoms with van der Waals surface area (Å²) in [6, 6.07) is 5.24. The molecule has 0 aliphatic rings. The van der Waals surface area contributed by atoms with Crippen LogP contribution >= 0.6 is 23.2 Å². The Balaban J connectivity index is 2.44. The summed E-state index contributed by atoms with van der Waals surface area (Å²) in [5, 5.41) is 9.49. The number of carboxylic acids is 1. The van der Waals surface area contributed by atoms with Gasteiger partial charge in [0.05, 0.1) is 16.5 Å². The standard InChI is InChI=1S/C13H15Cl2NO3/c1-16(7-6-13(18)19)12(17)5-3-9-2-4-10(14)11(15)8-9/h2,4,8H,3,5-7H2,1H3,(H,18,19). The SMILES string of the molecule is CN(CCC(=O)O)C(=O)CCc1ccc(Cl)c(Cl)c1. The molecule has 0 saturated heterocycles. The van der Waals surface area contributed by atoms with Gasteiger partial charge in [0.25, 0.3) is 0 Å². The largest absolute Gasteiger partial charge is 0.481 e. The Morgan fingerprint density at radius 2 is 1.89 bits per heavy atom. The summed E-state index contributed by atoms with van der Waals surface area (Å²) in [5.41, 5.74) is 0.925. The molecule has 0 heterocycles. The zero-order valence-corrected chi connectivity index (χ0v) is 12.0. The van der Waals surface area contributed by atoms with E-state index in [0.717, 1.165) is 5.56 Å². The van der Waals surface area contributed by atoms with E-state index in [0.29, 0.717) is 22.9 Å². The number of carbonyl (C=O) groups excluding carboxylic acids is 1. The number of benzene rings is 1. The van der Waals surface area contributed by atoms with Crippen molar-refractivity contribution in [2.75, 3.05) is 13.6 Å². The van der Waals surface area contributed by atoms with Crippen molar-refractivity contribution in [2.24, 2.45) is 0 Å². The minimum Gasteiger partial charge on any atom is -0.481 e. The highest BCUT2D eigenvalue weighted by atomic mass is 35.5. The number of aliphatic carboxylic acids is 1. The number of carbonyl (C=O) groups is 2. The maximum atomic E-state index is 11.8. The van der Waals surface area contributed by atoms with Crippen LogP contribution in [0, 0.1) is 0 Å². The zero-order chi connectivity index (χ0) is 14.4. The van der Waals surface area contributed by atoms with Crippen LogP contribution in [0.5, 0.6) is 0 Å². The third-order valence-corrected chi connectivity index (χ3v) is 3.44. The molecular weight excluding hydrogens is 289 g/mol. The summed E-state index contributed by atoms with van der Waals surface area (Å²) in [5.74, 6) is -1.00. The van der Waals surface area contributed by atoms with Crippen LogP contribution in [0.1, 0.15) is 18.4 Å². The number of amides is 1. The van der Waals surface area contributed by atoms with Crippen molar-refractivity contribution in [1.82, 2.24) is 4.90 Å². The molecule has 1 aromatic carbocycles. The highest BCUT2D eigenvalue weighted by Crippen LogP contribution is 2.23. The van der Waals surface area contributed by atoms with E-state index in [9.17, 15) is 9.59 Å². The van der Waals surface area contributed by atoms with Crippen molar-refractivity contribution in [2.45, 2.75) is 19.3 Å². The van der Waals surface area contributed by atoms with Gasteiger partial charge in [0, 0.05) is 20.0 Å².